The maximum absolute atomic E-state index is 11.9. The van der Waals surface area contributed by atoms with E-state index in [-0.39, 0.29) is 0 Å². The summed E-state index contributed by atoms with van der Waals surface area (Å²) in [6, 6.07) is 5.34. The van der Waals surface area contributed by atoms with Gasteiger partial charge in [-0.2, -0.15) is 0 Å². The highest BCUT2D eigenvalue weighted by atomic mass is 16.5. The molecule has 32 heavy (non-hydrogen) atoms. The lowest BCUT2D eigenvalue weighted by atomic mass is 10.1. The number of hydrogen-bond acceptors (Lipinski definition) is 10. The highest BCUT2D eigenvalue weighted by molar-refractivity contribution is 5.92. The number of benzene rings is 1. The minimum atomic E-state index is -0.394. The van der Waals surface area contributed by atoms with Crippen molar-refractivity contribution in [3.63, 3.8) is 0 Å². The van der Waals surface area contributed by atoms with E-state index in [1.807, 2.05) is 13.0 Å². The molecule has 168 valence electrons. The zero-order valence-electron chi connectivity index (χ0n) is 18.5. The summed E-state index contributed by atoms with van der Waals surface area (Å²) in [4.78, 5) is 34.5. The molecule has 2 aromatic heterocycles. The molecule has 1 N–H and O–H groups in total. The molecule has 3 heterocycles. The van der Waals surface area contributed by atoms with Crippen LogP contribution in [0.3, 0.4) is 0 Å². The average molecular weight is 438 g/mol. The number of piperazine rings is 1. The lowest BCUT2D eigenvalue weighted by Gasteiger charge is -2.34. The molecule has 10 nitrogen and oxygen atoms in total. The molecule has 0 saturated carbocycles. The monoisotopic (exact) mass is 437 g/mol. The Labute approximate surface area is 186 Å². The number of anilines is 3. The highest BCUT2D eigenvalue weighted by Crippen LogP contribution is 2.26. The highest BCUT2D eigenvalue weighted by Gasteiger charge is 2.20. The van der Waals surface area contributed by atoms with Crippen molar-refractivity contribution >= 4 is 34.5 Å². The van der Waals surface area contributed by atoms with Crippen LogP contribution in [0.15, 0.2) is 30.7 Å². The molecule has 0 radical (unpaired) electrons. The fourth-order valence-electron chi connectivity index (χ4n) is 3.61. The van der Waals surface area contributed by atoms with Crippen LogP contribution in [0.2, 0.25) is 0 Å². The Morgan fingerprint density at radius 3 is 2.69 bits per heavy atom. The Bertz CT molecular complexity index is 1100. The van der Waals surface area contributed by atoms with Crippen LogP contribution >= 0.6 is 0 Å². The number of methoxy groups -OCH3 is 2. The summed E-state index contributed by atoms with van der Waals surface area (Å²) in [5, 5.41) is 3.31. The van der Waals surface area contributed by atoms with E-state index in [9.17, 15) is 4.79 Å². The lowest BCUT2D eigenvalue weighted by molar-refractivity contribution is 0.0601. The largest absolute Gasteiger partial charge is 0.465 e. The van der Waals surface area contributed by atoms with Crippen molar-refractivity contribution in [2.24, 2.45) is 0 Å². The standard InChI is InChI=1S/C22H27N7O3/c1-15-4-5-16(21(30)32-3)12-17(15)26-20-19-18(24-14-25-20)13-23-22(27-19)29-8-6-28(7-9-29)10-11-31-2/h4-5,12-14H,6-11H2,1-3H3,(H,24,25,26). The maximum Gasteiger partial charge on any atom is 0.337 e. The smallest absolute Gasteiger partial charge is 0.337 e. The second kappa shape index (κ2) is 9.84. The first-order chi connectivity index (χ1) is 15.6. The van der Waals surface area contributed by atoms with E-state index < -0.39 is 5.97 Å². The minimum absolute atomic E-state index is 0.394. The lowest BCUT2D eigenvalue weighted by Crippen LogP contribution is -2.47. The van der Waals surface area contributed by atoms with Gasteiger partial charge in [-0.05, 0) is 24.6 Å². The number of hydrogen-bond donors (Lipinski definition) is 1. The molecule has 4 rings (SSSR count). The molecule has 1 saturated heterocycles. The molecule has 0 amide bonds. The summed E-state index contributed by atoms with van der Waals surface area (Å²) < 4.78 is 10.0. The number of nitrogens with zero attached hydrogens (tertiary/aromatic N) is 6. The Hall–Kier alpha value is -3.37. The molecule has 0 aliphatic carbocycles. The third-order valence-corrected chi connectivity index (χ3v) is 5.54. The molecule has 0 atom stereocenters. The number of rotatable bonds is 7. The van der Waals surface area contributed by atoms with Crippen LogP contribution < -0.4 is 10.2 Å². The normalized spacial score (nSPS) is 14.5. The molecule has 1 aliphatic rings. The zero-order chi connectivity index (χ0) is 22.5. The van der Waals surface area contributed by atoms with Gasteiger partial charge in [0.1, 0.15) is 17.4 Å². The number of esters is 1. The summed E-state index contributed by atoms with van der Waals surface area (Å²) >= 11 is 0. The maximum atomic E-state index is 11.9. The summed E-state index contributed by atoms with van der Waals surface area (Å²) in [5.74, 6) is 0.819. The van der Waals surface area contributed by atoms with Crippen molar-refractivity contribution in [1.82, 2.24) is 24.8 Å². The predicted octanol–water partition coefficient (Wildman–Crippen LogP) is 2.03. The first-order valence-corrected chi connectivity index (χ1v) is 10.5. The average Bonchev–Trinajstić information content (AvgIpc) is 2.84. The van der Waals surface area contributed by atoms with Crippen molar-refractivity contribution in [1.29, 1.82) is 0 Å². The van der Waals surface area contributed by atoms with Crippen molar-refractivity contribution in [3.8, 4) is 0 Å². The summed E-state index contributed by atoms with van der Waals surface area (Å²) in [6.45, 7) is 7.15. The van der Waals surface area contributed by atoms with E-state index in [1.165, 1.54) is 13.4 Å². The van der Waals surface area contributed by atoms with Gasteiger partial charge in [0.2, 0.25) is 5.95 Å². The van der Waals surface area contributed by atoms with Gasteiger partial charge < -0.3 is 19.7 Å². The topological polar surface area (TPSA) is 106 Å². The second-order valence-electron chi connectivity index (χ2n) is 7.59. The number of carbonyl (C=O) groups is 1. The van der Waals surface area contributed by atoms with Gasteiger partial charge in [0.05, 0.1) is 25.5 Å². The van der Waals surface area contributed by atoms with Gasteiger partial charge in [-0.25, -0.2) is 24.7 Å². The van der Waals surface area contributed by atoms with Crippen LogP contribution in [0.1, 0.15) is 15.9 Å². The van der Waals surface area contributed by atoms with Crippen LogP contribution in [-0.2, 0) is 9.47 Å². The number of carbonyl (C=O) groups excluding carboxylic acids is 1. The van der Waals surface area contributed by atoms with Gasteiger partial charge in [0, 0.05) is 45.5 Å². The number of aryl methyl sites for hydroxylation is 1. The van der Waals surface area contributed by atoms with Gasteiger partial charge >= 0.3 is 5.97 Å². The number of nitrogens with one attached hydrogen (secondary N) is 1. The van der Waals surface area contributed by atoms with Crippen molar-refractivity contribution < 1.29 is 14.3 Å². The van der Waals surface area contributed by atoms with Gasteiger partial charge in [0.25, 0.3) is 0 Å². The van der Waals surface area contributed by atoms with Crippen molar-refractivity contribution in [2.75, 3.05) is 63.8 Å². The van der Waals surface area contributed by atoms with Gasteiger partial charge in [-0.15, -0.1) is 0 Å². The number of fused-ring (bicyclic) bond motifs is 1. The molecular formula is C22H27N7O3. The van der Waals surface area contributed by atoms with Crippen LogP contribution in [0.5, 0.6) is 0 Å². The Balaban J connectivity index is 1.58. The summed E-state index contributed by atoms with van der Waals surface area (Å²) in [5.41, 5.74) is 3.44. The SMILES string of the molecule is COCCN1CCN(c2ncc3ncnc(Nc4cc(C(=O)OC)ccc4C)c3n2)CC1. The third kappa shape index (κ3) is 4.76. The first-order valence-electron chi connectivity index (χ1n) is 10.5. The van der Waals surface area contributed by atoms with E-state index in [1.54, 1.807) is 25.4 Å². The minimum Gasteiger partial charge on any atom is -0.465 e. The summed E-state index contributed by atoms with van der Waals surface area (Å²) in [6.07, 6.45) is 3.20. The van der Waals surface area contributed by atoms with Gasteiger partial charge in [-0.1, -0.05) is 6.07 Å². The van der Waals surface area contributed by atoms with Crippen LogP contribution in [0.4, 0.5) is 17.5 Å². The fourth-order valence-corrected chi connectivity index (χ4v) is 3.61. The number of aromatic nitrogens is 4. The second-order valence-corrected chi connectivity index (χ2v) is 7.59. The van der Waals surface area contributed by atoms with Crippen LogP contribution in [0, 0.1) is 6.92 Å². The van der Waals surface area contributed by atoms with E-state index >= 15 is 0 Å². The third-order valence-electron chi connectivity index (χ3n) is 5.54. The van der Waals surface area contributed by atoms with E-state index in [4.69, 9.17) is 14.5 Å². The Morgan fingerprint density at radius 1 is 1.12 bits per heavy atom. The molecule has 0 bridgehead atoms. The Morgan fingerprint density at radius 2 is 1.94 bits per heavy atom. The van der Waals surface area contributed by atoms with Crippen molar-refractivity contribution in [2.45, 2.75) is 6.92 Å². The van der Waals surface area contributed by atoms with Gasteiger partial charge in [-0.3, -0.25) is 4.90 Å². The van der Waals surface area contributed by atoms with Crippen molar-refractivity contribution in [3.05, 3.63) is 41.9 Å². The fraction of sp³-hybridized carbons (Fsp3) is 0.409. The van der Waals surface area contributed by atoms with E-state index in [0.717, 1.165) is 50.6 Å². The molecule has 0 spiro atoms. The molecule has 10 heteroatoms. The van der Waals surface area contributed by atoms with Gasteiger partial charge in [0.15, 0.2) is 5.82 Å². The molecule has 1 fully saturated rings. The molecule has 1 aliphatic heterocycles. The Kier molecular flexibility index (Phi) is 6.72. The quantitative estimate of drug-likeness (QED) is 0.552. The predicted molar refractivity (Wildman–Crippen MR) is 121 cm³/mol. The molecule has 1 aromatic carbocycles. The van der Waals surface area contributed by atoms with E-state index in [0.29, 0.717) is 28.4 Å². The van der Waals surface area contributed by atoms with Crippen LogP contribution in [-0.4, -0.2) is 84.4 Å². The number of ether oxygens (including phenoxy) is 2. The van der Waals surface area contributed by atoms with E-state index in [2.05, 4.69) is 30.1 Å². The molecule has 3 aromatic rings. The summed E-state index contributed by atoms with van der Waals surface area (Å²) in [7, 11) is 3.09. The molecule has 0 unspecified atom stereocenters. The first kappa shape index (κ1) is 21.8. The zero-order valence-corrected chi connectivity index (χ0v) is 18.5. The molecular weight excluding hydrogens is 410 g/mol. The van der Waals surface area contributed by atoms with Crippen LogP contribution in [0.25, 0.3) is 11.0 Å².